The Morgan fingerprint density at radius 1 is 1.50 bits per heavy atom. The van der Waals surface area contributed by atoms with Gasteiger partial charge in [-0.1, -0.05) is 13.8 Å². The van der Waals surface area contributed by atoms with E-state index in [9.17, 15) is 4.39 Å². The molecule has 2 nitrogen and oxygen atoms in total. The van der Waals surface area contributed by atoms with Gasteiger partial charge in [-0.05, 0) is 53.0 Å². The Labute approximate surface area is 117 Å². The van der Waals surface area contributed by atoms with E-state index in [2.05, 4.69) is 40.0 Å². The van der Waals surface area contributed by atoms with Gasteiger partial charge in [0, 0.05) is 24.8 Å². The van der Waals surface area contributed by atoms with Crippen molar-refractivity contribution in [1.82, 2.24) is 5.32 Å². The van der Waals surface area contributed by atoms with E-state index in [-0.39, 0.29) is 5.82 Å². The smallest absolute Gasteiger partial charge is 0.137 e. The van der Waals surface area contributed by atoms with Gasteiger partial charge in [-0.3, -0.25) is 0 Å². The van der Waals surface area contributed by atoms with E-state index >= 15 is 0 Å². The molecule has 1 heterocycles. The fourth-order valence-electron chi connectivity index (χ4n) is 2.63. The lowest BCUT2D eigenvalue weighted by Crippen LogP contribution is -2.48. The molecule has 0 bridgehead atoms. The van der Waals surface area contributed by atoms with Crippen LogP contribution in [0.3, 0.4) is 0 Å². The van der Waals surface area contributed by atoms with Crippen molar-refractivity contribution in [2.24, 2.45) is 5.92 Å². The number of benzene rings is 1. The van der Waals surface area contributed by atoms with Crippen molar-refractivity contribution in [2.45, 2.75) is 26.3 Å². The molecule has 2 rings (SSSR count). The third kappa shape index (κ3) is 3.04. The molecule has 1 aromatic rings. The summed E-state index contributed by atoms with van der Waals surface area (Å²) in [6, 6.07) is 5.87. The average molecular weight is 315 g/mol. The van der Waals surface area contributed by atoms with Gasteiger partial charge in [-0.25, -0.2) is 4.39 Å². The molecular weight excluding hydrogens is 295 g/mol. The van der Waals surface area contributed by atoms with Gasteiger partial charge in [0.1, 0.15) is 5.82 Å². The Morgan fingerprint density at radius 3 is 2.89 bits per heavy atom. The highest BCUT2D eigenvalue weighted by Gasteiger charge is 2.25. The predicted octanol–water partition coefficient (Wildman–Crippen LogP) is 3.41. The summed E-state index contributed by atoms with van der Waals surface area (Å²) < 4.78 is 13.8. The molecule has 1 aliphatic rings. The summed E-state index contributed by atoms with van der Waals surface area (Å²) in [5, 5.41) is 3.53. The SMILES string of the molecule is CCNC1CCN(c2ccc(F)c(Br)c2)CC1C. The molecule has 0 radical (unpaired) electrons. The lowest BCUT2D eigenvalue weighted by Gasteiger charge is -2.38. The third-order valence-electron chi connectivity index (χ3n) is 3.64. The summed E-state index contributed by atoms with van der Waals surface area (Å²) in [4.78, 5) is 2.34. The number of anilines is 1. The Hall–Kier alpha value is -0.610. The maximum Gasteiger partial charge on any atom is 0.137 e. The van der Waals surface area contributed by atoms with Crippen molar-refractivity contribution >= 4 is 21.6 Å². The maximum absolute atomic E-state index is 13.2. The monoisotopic (exact) mass is 314 g/mol. The van der Waals surface area contributed by atoms with Crippen LogP contribution in [0, 0.1) is 11.7 Å². The summed E-state index contributed by atoms with van der Waals surface area (Å²) in [6.07, 6.45) is 1.14. The molecule has 0 spiro atoms. The van der Waals surface area contributed by atoms with Gasteiger partial charge < -0.3 is 10.2 Å². The fourth-order valence-corrected chi connectivity index (χ4v) is 2.99. The molecule has 1 aromatic carbocycles. The van der Waals surface area contributed by atoms with Gasteiger partial charge in [-0.2, -0.15) is 0 Å². The van der Waals surface area contributed by atoms with E-state index in [0.29, 0.717) is 16.4 Å². The molecule has 0 saturated carbocycles. The summed E-state index contributed by atoms with van der Waals surface area (Å²) in [5.41, 5.74) is 1.10. The summed E-state index contributed by atoms with van der Waals surface area (Å²) >= 11 is 3.25. The minimum Gasteiger partial charge on any atom is -0.371 e. The van der Waals surface area contributed by atoms with Crippen LogP contribution in [0.5, 0.6) is 0 Å². The van der Waals surface area contributed by atoms with Crippen LogP contribution in [-0.2, 0) is 0 Å². The molecule has 1 fully saturated rings. The maximum atomic E-state index is 13.2. The lowest BCUT2D eigenvalue weighted by atomic mass is 9.93. The van der Waals surface area contributed by atoms with E-state index in [1.807, 2.05) is 12.1 Å². The van der Waals surface area contributed by atoms with Crippen LogP contribution in [0.4, 0.5) is 10.1 Å². The number of halogens is 2. The predicted molar refractivity (Wildman–Crippen MR) is 77.6 cm³/mol. The molecular formula is C14H20BrFN2. The van der Waals surface area contributed by atoms with Crippen LogP contribution in [0.1, 0.15) is 20.3 Å². The van der Waals surface area contributed by atoms with Gasteiger partial charge in [0.25, 0.3) is 0 Å². The quantitative estimate of drug-likeness (QED) is 0.919. The molecule has 0 amide bonds. The minimum atomic E-state index is -0.200. The molecule has 1 aliphatic heterocycles. The second-order valence-corrected chi connectivity index (χ2v) is 5.83. The molecule has 1 saturated heterocycles. The largest absolute Gasteiger partial charge is 0.371 e. The van der Waals surface area contributed by atoms with Crippen LogP contribution >= 0.6 is 15.9 Å². The molecule has 4 heteroatoms. The van der Waals surface area contributed by atoms with Crippen LogP contribution < -0.4 is 10.2 Å². The topological polar surface area (TPSA) is 15.3 Å². The first-order valence-corrected chi connectivity index (χ1v) is 7.34. The van der Waals surface area contributed by atoms with E-state index in [1.54, 1.807) is 0 Å². The number of rotatable bonds is 3. The van der Waals surface area contributed by atoms with E-state index < -0.39 is 0 Å². The number of hydrogen-bond donors (Lipinski definition) is 1. The molecule has 0 aliphatic carbocycles. The fraction of sp³-hybridized carbons (Fsp3) is 0.571. The lowest BCUT2D eigenvalue weighted by molar-refractivity contribution is 0.327. The Bertz CT molecular complexity index is 411. The first-order chi connectivity index (χ1) is 8.61. The highest BCUT2D eigenvalue weighted by Crippen LogP contribution is 2.27. The van der Waals surface area contributed by atoms with Gasteiger partial charge in [0.15, 0.2) is 0 Å². The first-order valence-electron chi connectivity index (χ1n) is 6.55. The molecule has 2 atom stereocenters. The van der Waals surface area contributed by atoms with E-state index in [4.69, 9.17) is 0 Å². The number of piperidine rings is 1. The van der Waals surface area contributed by atoms with Crippen LogP contribution in [-0.4, -0.2) is 25.7 Å². The zero-order chi connectivity index (χ0) is 13.1. The van der Waals surface area contributed by atoms with Gasteiger partial charge in [0.2, 0.25) is 0 Å². The van der Waals surface area contributed by atoms with Crippen molar-refractivity contribution in [3.8, 4) is 0 Å². The zero-order valence-corrected chi connectivity index (χ0v) is 12.5. The highest BCUT2D eigenvalue weighted by molar-refractivity contribution is 9.10. The Kier molecular flexibility index (Phi) is 4.62. The van der Waals surface area contributed by atoms with Crippen LogP contribution in [0.25, 0.3) is 0 Å². The summed E-state index contributed by atoms with van der Waals surface area (Å²) in [6.45, 7) is 7.50. The van der Waals surface area contributed by atoms with E-state index in [1.165, 1.54) is 6.07 Å². The van der Waals surface area contributed by atoms with Crippen LogP contribution in [0.2, 0.25) is 0 Å². The standard InChI is InChI=1S/C14H20BrFN2/c1-3-17-14-6-7-18(9-10(14)2)11-4-5-13(16)12(15)8-11/h4-5,8,10,14,17H,3,6-7,9H2,1-2H3. The van der Waals surface area contributed by atoms with Gasteiger partial charge >= 0.3 is 0 Å². The van der Waals surface area contributed by atoms with Crippen molar-refractivity contribution in [1.29, 1.82) is 0 Å². The molecule has 0 aromatic heterocycles. The van der Waals surface area contributed by atoms with Crippen molar-refractivity contribution in [2.75, 3.05) is 24.5 Å². The Balaban J connectivity index is 2.05. The minimum absolute atomic E-state index is 0.200. The average Bonchev–Trinajstić information content (AvgIpc) is 2.35. The number of nitrogens with zero attached hydrogens (tertiary/aromatic N) is 1. The second-order valence-electron chi connectivity index (χ2n) is 4.97. The normalized spacial score (nSPS) is 24.3. The highest BCUT2D eigenvalue weighted by atomic mass is 79.9. The summed E-state index contributed by atoms with van der Waals surface area (Å²) in [5.74, 6) is 0.414. The van der Waals surface area contributed by atoms with Crippen molar-refractivity contribution in [3.05, 3.63) is 28.5 Å². The zero-order valence-electron chi connectivity index (χ0n) is 10.9. The van der Waals surface area contributed by atoms with Crippen molar-refractivity contribution in [3.63, 3.8) is 0 Å². The number of nitrogens with one attached hydrogen (secondary N) is 1. The first kappa shape index (κ1) is 13.8. The summed E-state index contributed by atoms with van der Waals surface area (Å²) in [7, 11) is 0. The van der Waals surface area contributed by atoms with Crippen LogP contribution in [0.15, 0.2) is 22.7 Å². The van der Waals surface area contributed by atoms with Crippen molar-refractivity contribution < 1.29 is 4.39 Å². The third-order valence-corrected chi connectivity index (χ3v) is 4.25. The van der Waals surface area contributed by atoms with Gasteiger partial charge in [-0.15, -0.1) is 0 Å². The molecule has 18 heavy (non-hydrogen) atoms. The molecule has 100 valence electrons. The second kappa shape index (κ2) is 6.02. The molecule has 1 N–H and O–H groups in total. The molecule has 2 unspecified atom stereocenters. The van der Waals surface area contributed by atoms with E-state index in [0.717, 1.165) is 31.7 Å². The Morgan fingerprint density at radius 2 is 2.28 bits per heavy atom. The van der Waals surface area contributed by atoms with Gasteiger partial charge in [0.05, 0.1) is 4.47 Å². The number of hydrogen-bond acceptors (Lipinski definition) is 2.